The number of hydrogen-bond acceptors (Lipinski definition) is 8. The van der Waals surface area contributed by atoms with Gasteiger partial charge >= 0.3 is 5.97 Å². The van der Waals surface area contributed by atoms with Crippen molar-refractivity contribution in [2.24, 2.45) is 0 Å². The molecule has 0 aliphatic carbocycles. The van der Waals surface area contributed by atoms with Gasteiger partial charge in [-0.15, -0.1) is 16.8 Å². The minimum absolute atomic E-state index is 0.0332. The predicted octanol–water partition coefficient (Wildman–Crippen LogP) is 2.37. The van der Waals surface area contributed by atoms with Gasteiger partial charge in [-0.2, -0.15) is 0 Å². The normalized spacial score (nSPS) is 11.4. The molecule has 12 heteroatoms. The molecule has 0 bridgehead atoms. The van der Waals surface area contributed by atoms with Crippen LogP contribution in [0.3, 0.4) is 0 Å². The van der Waals surface area contributed by atoms with Crippen LogP contribution < -0.4 is 15.4 Å². The number of aromatic carboxylic acids is 1. The van der Waals surface area contributed by atoms with E-state index in [2.05, 4.69) is 27.4 Å². The van der Waals surface area contributed by atoms with Crippen molar-refractivity contribution in [3.63, 3.8) is 0 Å². The summed E-state index contributed by atoms with van der Waals surface area (Å²) in [6.07, 6.45) is 1.61. The number of anilines is 1. The number of hydrogen-bond donors (Lipinski definition) is 4. The minimum Gasteiger partial charge on any atom is -0.497 e. The highest BCUT2D eigenvalue weighted by atomic mass is 32.2. The number of carboxylic acid groups (broad SMARTS) is 1. The van der Waals surface area contributed by atoms with Gasteiger partial charge in [0.2, 0.25) is 5.91 Å². The van der Waals surface area contributed by atoms with Crippen LogP contribution in [0, 0.1) is 0 Å². The number of carboxylic acids is 1. The number of benzene rings is 2. The van der Waals surface area contributed by atoms with Crippen molar-refractivity contribution in [2.75, 3.05) is 24.8 Å². The van der Waals surface area contributed by atoms with E-state index in [1.54, 1.807) is 41.0 Å². The van der Waals surface area contributed by atoms with Crippen molar-refractivity contribution >= 4 is 35.2 Å². The van der Waals surface area contributed by atoms with Gasteiger partial charge in [-0.05, 0) is 42.5 Å². The van der Waals surface area contributed by atoms with E-state index < -0.39 is 24.5 Å². The van der Waals surface area contributed by atoms with Crippen molar-refractivity contribution in [2.45, 2.75) is 17.7 Å². The summed E-state index contributed by atoms with van der Waals surface area (Å²) in [6.45, 7) is 3.58. The summed E-state index contributed by atoms with van der Waals surface area (Å²) in [4.78, 5) is 36.2. The fourth-order valence-electron chi connectivity index (χ4n) is 3.20. The summed E-state index contributed by atoms with van der Waals surface area (Å²) in [5.74, 6) is -1.00. The second-order valence-electron chi connectivity index (χ2n) is 7.40. The van der Waals surface area contributed by atoms with E-state index >= 15 is 0 Å². The third-order valence-electron chi connectivity index (χ3n) is 4.93. The molecule has 4 N–H and O–H groups in total. The van der Waals surface area contributed by atoms with Crippen LogP contribution in [0.4, 0.5) is 5.69 Å². The fraction of sp³-hybridized carbons (Fsp3) is 0.208. The third-order valence-corrected chi connectivity index (χ3v) is 5.90. The van der Waals surface area contributed by atoms with Gasteiger partial charge in [0.25, 0.3) is 5.91 Å². The molecule has 2 aromatic carbocycles. The fourth-order valence-corrected chi connectivity index (χ4v) is 3.95. The number of rotatable bonds is 12. The standard InChI is InChI=1S/C24H25N5O6S/c1-3-11-29-21(19(13-30)26-22(32)15-7-9-18(35-2)10-8-15)27-28-24(29)36-14-20(31)25-17-6-4-5-16(12-17)23(33)34/h3-10,12,19,30H,1,11,13-14H2,2H3,(H,25,31)(H,26,32)(H,33,34)/t19-/m1/s1. The Labute approximate surface area is 211 Å². The number of aromatic nitrogens is 3. The Kier molecular flexibility index (Phi) is 9.19. The van der Waals surface area contributed by atoms with Gasteiger partial charge in [0.15, 0.2) is 11.0 Å². The van der Waals surface area contributed by atoms with Gasteiger partial charge in [-0.1, -0.05) is 23.9 Å². The lowest BCUT2D eigenvalue weighted by molar-refractivity contribution is -0.113. The van der Waals surface area contributed by atoms with Gasteiger partial charge < -0.3 is 30.2 Å². The summed E-state index contributed by atoms with van der Waals surface area (Å²) in [6, 6.07) is 11.6. The molecule has 0 aliphatic rings. The molecule has 3 aromatic rings. The lowest BCUT2D eigenvalue weighted by Gasteiger charge is -2.17. The average molecular weight is 512 g/mol. The number of ether oxygens (including phenoxy) is 1. The van der Waals surface area contributed by atoms with Crippen molar-refractivity contribution in [1.82, 2.24) is 20.1 Å². The lowest BCUT2D eigenvalue weighted by Crippen LogP contribution is -2.33. The van der Waals surface area contributed by atoms with E-state index in [1.807, 2.05) is 0 Å². The molecule has 11 nitrogen and oxygen atoms in total. The number of carbonyl (C=O) groups is 3. The maximum absolute atomic E-state index is 12.7. The summed E-state index contributed by atoms with van der Waals surface area (Å²) in [5, 5.41) is 33.0. The minimum atomic E-state index is -1.09. The topological polar surface area (TPSA) is 156 Å². The Hall–Kier alpha value is -4.16. The molecule has 1 atom stereocenters. The third kappa shape index (κ3) is 6.71. The molecule has 0 saturated heterocycles. The summed E-state index contributed by atoms with van der Waals surface area (Å²) in [5.41, 5.74) is 0.792. The molecule has 0 radical (unpaired) electrons. The van der Waals surface area contributed by atoms with Crippen LogP contribution in [0.2, 0.25) is 0 Å². The lowest BCUT2D eigenvalue weighted by atomic mass is 10.2. The van der Waals surface area contributed by atoms with Gasteiger partial charge in [-0.25, -0.2) is 4.79 Å². The summed E-state index contributed by atoms with van der Waals surface area (Å²) in [7, 11) is 1.53. The van der Waals surface area contributed by atoms with Crippen LogP contribution in [0.1, 0.15) is 32.6 Å². The predicted molar refractivity (Wildman–Crippen MR) is 133 cm³/mol. The number of nitrogens with zero attached hydrogens (tertiary/aromatic N) is 3. The molecule has 0 saturated carbocycles. The SMILES string of the molecule is C=CCn1c(SCC(=O)Nc2cccc(C(=O)O)c2)nnc1[C@@H](CO)NC(=O)c1ccc(OC)cc1. The van der Waals surface area contributed by atoms with Crippen molar-refractivity contribution in [3.05, 3.63) is 78.1 Å². The number of allylic oxidation sites excluding steroid dienone is 1. The number of aliphatic hydroxyl groups is 1. The first-order valence-electron chi connectivity index (χ1n) is 10.7. The average Bonchev–Trinajstić information content (AvgIpc) is 3.28. The molecule has 1 aromatic heterocycles. The van der Waals surface area contributed by atoms with Crippen LogP contribution in [0.15, 0.2) is 66.3 Å². The highest BCUT2D eigenvalue weighted by molar-refractivity contribution is 7.99. The first-order valence-corrected chi connectivity index (χ1v) is 11.7. The Bertz CT molecular complexity index is 1240. The molecular weight excluding hydrogens is 486 g/mol. The number of carbonyl (C=O) groups excluding carboxylic acids is 2. The van der Waals surface area contributed by atoms with Gasteiger partial charge in [0.1, 0.15) is 11.8 Å². The Morgan fingerprint density at radius 2 is 1.92 bits per heavy atom. The highest BCUT2D eigenvalue weighted by Gasteiger charge is 2.23. The molecule has 0 aliphatic heterocycles. The summed E-state index contributed by atoms with van der Waals surface area (Å²) < 4.78 is 6.74. The summed E-state index contributed by atoms with van der Waals surface area (Å²) >= 11 is 1.10. The number of thioether (sulfide) groups is 1. The second-order valence-corrected chi connectivity index (χ2v) is 8.34. The first-order chi connectivity index (χ1) is 17.4. The van der Waals surface area contributed by atoms with Gasteiger partial charge in [0, 0.05) is 17.8 Å². The monoisotopic (exact) mass is 511 g/mol. The van der Waals surface area contributed by atoms with E-state index in [1.165, 1.54) is 25.3 Å². The molecular formula is C24H25N5O6S. The molecule has 3 rings (SSSR count). The maximum atomic E-state index is 12.7. The zero-order chi connectivity index (χ0) is 26.1. The van der Waals surface area contributed by atoms with Gasteiger partial charge in [0.05, 0.1) is 25.0 Å². The molecule has 0 spiro atoms. The zero-order valence-electron chi connectivity index (χ0n) is 19.4. The van der Waals surface area contributed by atoms with Crippen molar-refractivity contribution in [3.8, 4) is 5.75 Å². The number of nitrogens with one attached hydrogen (secondary N) is 2. The largest absolute Gasteiger partial charge is 0.497 e. The molecule has 36 heavy (non-hydrogen) atoms. The Morgan fingerprint density at radius 1 is 1.17 bits per heavy atom. The van der Waals surface area contributed by atoms with Gasteiger partial charge in [-0.3, -0.25) is 9.59 Å². The van der Waals surface area contributed by atoms with Crippen molar-refractivity contribution < 1.29 is 29.3 Å². The quantitative estimate of drug-likeness (QED) is 0.212. The van der Waals surface area contributed by atoms with E-state index in [0.29, 0.717) is 28.0 Å². The van der Waals surface area contributed by atoms with Crippen LogP contribution >= 0.6 is 11.8 Å². The number of amides is 2. The zero-order valence-corrected chi connectivity index (χ0v) is 20.2. The van der Waals surface area contributed by atoms with Crippen LogP contribution in [0.25, 0.3) is 0 Å². The number of methoxy groups -OCH3 is 1. The first kappa shape index (κ1) is 26.4. The van der Waals surface area contributed by atoms with Crippen LogP contribution in [0.5, 0.6) is 5.75 Å². The van der Waals surface area contributed by atoms with Crippen LogP contribution in [-0.4, -0.2) is 62.2 Å². The molecule has 0 fully saturated rings. The maximum Gasteiger partial charge on any atom is 0.335 e. The molecule has 188 valence electrons. The molecule has 2 amide bonds. The van der Waals surface area contributed by atoms with E-state index in [-0.39, 0.29) is 23.8 Å². The Balaban J connectivity index is 1.69. The van der Waals surface area contributed by atoms with Crippen molar-refractivity contribution in [1.29, 1.82) is 0 Å². The van der Waals surface area contributed by atoms with E-state index in [0.717, 1.165) is 11.8 Å². The smallest absolute Gasteiger partial charge is 0.335 e. The van der Waals surface area contributed by atoms with E-state index in [4.69, 9.17) is 9.84 Å². The second kappa shape index (κ2) is 12.5. The van der Waals surface area contributed by atoms with E-state index in [9.17, 15) is 19.5 Å². The number of aliphatic hydroxyl groups excluding tert-OH is 1. The Morgan fingerprint density at radius 3 is 2.56 bits per heavy atom. The molecule has 1 heterocycles. The van der Waals surface area contributed by atoms with Crippen LogP contribution in [-0.2, 0) is 11.3 Å². The molecule has 0 unspecified atom stereocenters. The highest BCUT2D eigenvalue weighted by Crippen LogP contribution is 2.22.